The van der Waals surface area contributed by atoms with Gasteiger partial charge in [0, 0.05) is 37.7 Å². The number of methoxy groups -OCH3 is 1. The molecule has 0 atom stereocenters. The Morgan fingerprint density at radius 3 is 2.81 bits per heavy atom. The van der Waals surface area contributed by atoms with E-state index in [-0.39, 0.29) is 0 Å². The molecule has 0 aliphatic carbocycles. The van der Waals surface area contributed by atoms with E-state index in [1.807, 2.05) is 48.3 Å². The lowest BCUT2D eigenvalue weighted by molar-refractivity contribution is 0.419. The van der Waals surface area contributed by atoms with Crippen molar-refractivity contribution in [3.63, 3.8) is 0 Å². The molecule has 26 heavy (non-hydrogen) atoms. The van der Waals surface area contributed by atoms with Crippen molar-refractivity contribution in [2.45, 2.75) is 19.8 Å². The molecular weight excluding hydrogens is 346 g/mol. The van der Waals surface area contributed by atoms with Crippen molar-refractivity contribution in [1.82, 2.24) is 24.5 Å². The second-order valence-electron chi connectivity index (χ2n) is 6.07. The summed E-state index contributed by atoms with van der Waals surface area (Å²) >= 11 is 1.60. The fourth-order valence-corrected chi connectivity index (χ4v) is 3.68. The van der Waals surface area contributed by atoms with Crippen molar-refractivity contribution >= 4 is 22.2 Å². The van der Waals surface area contributed by atoms with Crippen LogP contribution in [-0.4, -0.2) is 31.6 Å². The van der Waals surface area contributed by atoms with E-state index in [1.54, 1.807) is 24.6 Å². The van der Waals surface area contributed by atoms with Crippen molar-refractivity contribution in [2.75, 3.05) is 7.11 Å². The minimum Gasteiger partial charge on any atom is -0.496 e. The van der Waals surface area contributed by atoms with Gasteiger partial charge < -0.3 is 9.30 Å². The molecule has 0 amide bonds. The largest absolute Gasteiger partial charge is 0.496 e. The molecule has 3 heterocycles. The van der Waals surface area contributed by atoms with Crippen LogP contribution in [0.25, 0.3) is 21.6 Å². The van der Waals surface area contributed by atoms with Crippen LogP contribution >= 0.6 is 11.3 Å². The number of rotatable bonds is 5. The number of ether oxygens (including phenoxy) is 1. The molecule has 7 heteroatoms. The van der Waals surface area contributed by atoms with Gasteiger partial charge in [-0.05, 0) is 19.1 Å². The van der Waals surface area contributed by atoms with Gasteiger partial charge in [0.25, 0.3) is 0 Å². The highest BCUT2D eigenvalue weighted by molar-refractivity contribution is 7.13. The zero-order valence-electron chi connectivity index (χ0n) is 14.9. The summed E-state index contributed by atoms with van der Waals surface area (Å²) in [6.07, 6.45) is 5.33. The average molecular weight is 365 g/mol. The van der Waals surface area contributed by atoms with Gasteiger partial charge >= 0.3 is 0 Å². The Bertz CT molecular complexity index is 1060. The molecule has 0 radical (unpaired) electrons. The summed E-state index contributed by atoms with van der Waals surface area (Å²) in [5.41, 5.74) is 2.76. The first kappa shape index (κ1) is 16.7. The van der Waals surface area contributed by atoms with Gasteiger partial charge in [-0.15, -0.1) is 11.3 Å². The third-order valence-corrected chi connectivity index (χ3v) is 5.12. The molecule has 0 aliphatic heterocycles. The minimum atomic E-state index is 0.732. The molecule has 1 aromatic carbocycles. The molecule has 0 fully saturated rings. The zero-order valence-corrected chi connectivity index (χ0v) is 15.7. The lowest BCUT2D eigenvalue weighted by Crippen LogP contribution is -2.05. The number of fused-ring (bicyclic) bond motifs is 1. The van der Waals surface area contributed by atoms with Crippen molar-refractivity contribution in [3.8, 4) is 16.5 Å². The maximum absolute atomic E-state index is 5.43. The van der Waals surface area contributed by atoms with Gasteiger partial charge in [-0.1, -0.05) is 6.07 Å². The number of hydrogen-bond acceptors (Lipinski definition) is 6. The average Bonchev–Trinajstić information content (AvgIpc) is 3.29. The third-order valence-electron chi connectivity index (χ3n) is 4.33. The standard InChI is InChI=1S/C19H19N5OS/c1-12-18-13(5-4-6-15(18)25-3)22-16(21-12)7-8-17-23-14(11-24(17)2)19-20-9-10-26-19/h4-6,9-11H,7-8H2,1-3H3. The molecule has 0 saturated heterocycles. The van der Waals surface area contributed by atoms with Crippen LogP contribution in [-0.2, 0) is 19.9 Å². The highest BCUT2D eigenvalue weighted by atomic mass is 32.1. The Morgan fingerprint density at radius 1 is 1.15 bits per heavy atom. The van der Waals surface area contributed by atoms with Gasteiger partial charge in [0.05, 0.1) is 23.7 Å². The van der Waals surface area contributed by atoms with Gasteiger partial charge in [-0.2, -0.15) is 0 Å². The van der Waals surface area contributed by atoms with E-state index in [4.69, 9.17) is 14.7 Å². The molecule has 0 N–H and O–H groups in total. The molecule has 0 aliphatic rings. The van der Waals surface area contributed by atoms with E-state index in [0.717, 1.165) is 57.5 Å². The molecule has 132 valence electrons. The van der Waals surface area contributed by atoms with E-state index >= 15 is 0 Å². The topological polar surface area (TPSA) is 65.7 Å². The maximum atomic E-state index is 5.43. The smallest absolute Gasteiger partial charge is 0.143 e. The van der Waals surface area contributed by atoms with Gasteiger partial charge in [0.1, 0.15) is 28.1 Å². The minimum absolute atomic E-state index is 0.732. The van der Waals surface area contributed by atoms with Gasteiger partial charge in [-0.3, -0.25) is 0 Å². The van der Waals surface area contributed by atoms with E-state index in [1.165, 1.54) is 0 Å². The molecule has 4 aromatic rings. The highest BCUT2D eigenvalue weighted by Crippen LogP contribution is 2.26. The predicted octanol–water partition coefficient (Wildman–Crippen LogP) is 3.59. The zero-order chi connectivity index (χ0) is 18.1. The predicted molar refractivity (Wildman–Crippen MR) is 103 cm³/mol. The number of benzene rings is 1. The summed E-state index contributed by atoms with van der Waals surface area (Å²) in [5, 5.41) is 3.88. The normalized spacial score (nSPS) is 11.2. The lowest BCUT2D eigenvalue weighted by atomic mass is 10.1. The van der Waals surface area contributed by atoms with Crippen molar-refractivity contribution in [1.29, 1.82) is 0 Å². The molecule has 0 spiro atoms. The molecule has 0 bridgehead atoms. The molecule has 4 rings (SSSR count). The van der Waals surface area contributed by atoms with Crippen molar-refractivity contribution < 1.29 is 4.74 Å². The van der Waals surface area contributed by atoms with Crippen LogP contribution in [0.1, 0.15) is 17.3 Å². The fraction of sp³-hybridized carbons (Fsp3) is 0.263. The van der Waals surface area contributed by atoms with Crippen LogP contribution in [0.2, 0.25) is 0 Å². The lowest BCUT2D eigenvalue weighted by Gasteiger charge is -2.09. The van der Waals surface area contributed by atoms with E-state index in [9.17, 15) is 0 Å². The Kier molecular flexibility index (Phi) is 4.38. The number of thiazole rings is 1. The summed E-state index contributed by atoms with van der Waals surface area (Å²) in [4.78, 5) is 18.4. The van der Waals surface area contributed by atoms with Crippen LogP contribution in [0.15, 0.2) is 36.0 Å². The summed E-state index contributed by atoms with van der Waals surface area (Å²) in [6, 6.07) is 5.89. The first-order chi connectivity index (χ1) is 12.7. The summed E-state index contributed by atoms with van der Waals surface area (Å²) in [5.74, 6) is 2.63. The Hall–Kier alpha value is -2.80. The van der Waals surface area contributed by atoms with E-state index in [2.05, 4.69) is 9.97 Å². The summed E-state index contributed by atoms with van der Waals surface area (Å²) in [7, 11) is 3.68. The molecule has 3 aromatic heterocycles. The van der Waals surface area contributed by atoms with Crippen LogP contribution in [0.5, 0.6) is 5.75 Å². The number of aromatic nitrogens is 5. The number of imidazole rings is 1. The third kappa shape index (κ3) is 3.06. The molecule has 6 nitrogen and oxygen atoms in total. The Labute approximate surface area is 155 Å². The SMILES string of the molecule is COc1cccc2nc(CCc3nc(-c4nccs4)cn3C)nc(C)c12. The van der Waals surface area contributed by atoms with E-state index in [0.29, 0.717) is 0 Å². The number of nitrogens with zero attached hydrogens (tertiary/aromatic N) is 5. The Balaban J connectivity index is 1.59. The van der Waals surface area contributed by atoms with Crippen LogP contribution in [0.3, 0.4) is 0 Å². The van der Waals surface area contributed by atoms with Crippen LogP contribution in [0.4, 0.5) is 0 Å². The van der Waals surface area contributed by atoms with Crippen molar-refractivity contribution in [3.05, 3.63) is 53.3 Å². The molecular formula is C19H19N5OS. The Morgan fingerprint density at radius 2 is 2.04 bits per heavy atom. The summed E-state index contributed by atoms with van der Waals surface area (Å²) < 4.78 is 7.48. The highest BCUT2D eigenvalue weighted by Gasteiger charge is 2.12. The van der Waals surface area contributed by atoms with Crippen LogP contribution in [0, 0.1) is 6.92 Å². The maximum Gasteiger partial charge on any atom is 0.143 e. The number of hydrogen-bond donors (Lipinski definition) is 0. The van der Waals surface area contributed by atoms with E-state index < -0.39 is 0 Å². The van der Waals surface area contributed by atoms with Crippen molar-refractivity contribution in [2.24, 2.45) is 7.05 Å². The summed E-state index contributed by atoms with van der Waals surface area (Å²) in [6.45, 7) is 2.00. The molecule has 0 unspecified atom stereocenters. The quantitative estimate of drug-likeness (QED) is 0.541. The number of aryl methyl sites for hydroxylation is 4. The second-order valence-corrected chi connectivity index (χ2v) is 6.96. The monoisotopic (exact) mass is 365 g/mol. The molecule has 0 saturated carbocycles. The van der Waals surface area contributed by atoms with Crippen LogP contribution < -0.4 is 4.74 Å². The van der Waals surface area contributed by atoms with Gasteiger partial charge in [0.2, 0.25) is 0 Å². The first-order valence-electron chi connectivity index (χ1n) is 8.38. The van der Waals surface area contributed by atoms with Gasteiger partial charge in [0.15, 0.2) is 0 Å². The van der Waals surface area contributed by atoms with Gasteiger partial charge in [-0.25, -0.2) is 19.9 Å². The first-order valence-corrected chi connectivity index (χ1v) is 9.26. The fourth-order valence-electron chi connectivity index (χ4n) is 3.09. The second kappa shape index (κ2) is 6.84.